The lowest BCUT2D eigenvalue weighted by atomic mass is 9.89. The van der Waals surface area contributed by atoms with Crippen LogP contribution in [0.1, 0.15) is 24.3 Å². The Labute approximate surface area is 146 Å². The number of H-pyrrole nitrogens is 1. The van der Waals surface area contributed by atoms with Crippen molar-refractivity contribution in [1.82, 2.24) is 24.8 Å². The number of benzene rings is 1. The van der Waals surface area contributed by atoms with Crippen molar-refractivity contribution in [3.05, 3.63) is 54.7 Å². The number of hydrogen-bond donors (Lipinski definition) is 2. The molecule has 0 spiro atoms. The van der Waals surface area contributed by atoms with Gasteiger partial charge in [-0.3, -0.25) is 0 Å². The Balaban J connectivity index is 1.29. The second kappa shape index (κ2) is 7.01. The third kappa shape index (κ3) is 3.38. The Kier molecular flexibility index (Phi) is 4.41. The SMILES string of the molecule is O=C(NCCn1ccnc1)N1CCC(c2c[nH]c3ccccc23)CC1. The van der Waals surface area contributed by atoms with Gasteiger partial charge in [-0.2, -0.15) is 0 Å². The van der Waals surface area contributed by atoms with E-state index in [1.165, 1.54) is 16.5 Å². The summed E-state index contributed by atoms with van der Waals surface area (Å²) in [5.41, 5.74) is 2.58. The van der Waals surface area contributed by atoms with E-state index >= 15 is 0 Å². The highest BCUT2D eigenvalue weighted by Gasteiger charge is 2.25. The van der Waals surface area contributed by atoms with Crippen molar-refractivity contribution in [3.8, 4) is 0 Å². The van der Waals surface area contributed by atoms with Gasteiger partial charge in [0.1, 0.15) is 0 Å². The normalized spacial score (nSPS) is 15.6. The molecule has 0 atom stereocenters. The molecule has 0 radical (unpaired) electrons. The molecular formula is C19H23N5O. The molecule has 130 valence electrons. The van der Waals surface area contributed by atoms with Gasteiger partial charge in [-0.15, -0.1) is 0 Å². The number of likely N-dealkylation sites (tertiary alicyclic amines) is 1. The van der Waals surface area contributed by atoms with Crippen LogP contribution in [0.5, 0.6) is 0 Å². The van der Waals surface area contributed by atoms with Gasteiger partial charge in [-0.05, 0) is 30.4 Å². The smallest absolute Gasteiger partial charge is 0.317 e. The first-order valence-electron chi connectivity index (χ1n) is 8.86. The van der Waals surface area contributed by atoms with Crippen molar-refractivity contribution < 1.29 is 4.79 Å². The predicted molar refractivity (Wildman–Crippen MR) is 97.5 cm³/mol. The van der Waals surface area contributed by atoms with Gasteiger partial charge in [0.15, 0.2) is 0 Å². The monoisotopic (exact) mass is 337 g/mol. The van der Waals surface area contributed by atoms with E-state index in [1.54, 1.807) is 12.5 Å². The lowest BCUT2D eigenvalue weighted by Gasteiger charge is -2.32. The van der Waals surface area contributed by atoms with Gasteiger partial charge in [0, 0.05) is 55.7 Å². The van der Waals surface area contributed by atoms with E-state index < -0.39 is 0 Å². The predicted octanol–water partition coefficient (Wildman–Crippen LogP) is 2.95. The Hall–Kier alpha value is -2.76. The summed E-state index contributed by atoms with van der Waals surface area (Å²) in [6, 6.07) is 8.47. The van der Waals surface area contributed by atoms with Crippen molar-refractivity contribution >= 4 is 16.9 Å². The molecule has 1 aliphatic heterocycles. The number of nitrogens with one attached hydrogen (secondary N) is 2. The van der Waals surface area contributed by atoms with Crippen molar-refractivity contribution in [2.24, 2.45) is 0 Å². The maximum absolute atomic E-state index is 12.3. The molecule has 6 heteroatoms. The molecular weight excluding hydrogens is 314 g/mol. The van der Waals surface area contributed by atoms with Crippen LogP contribution in [-0.4, -0.2) is 45.1 Å². The fourth-order valence-corrected chi connectivity index (χ4v) is 3.65. The summed E-state index contributed by atoms with van der Waals surface area (Å²) in [4.78, 5) is 21.6. The van der Waals surface area contributed by atoms with Crippen molar-refractivity contribution in [2.75, 3.05) is 19.6 Å². The summed E-state index contributed by atoms with van der Waals surface area (Å²) in [5, 5.41) is 4.31. The van der Waals surface area contributed by atoms with E-state index in [1.807, 2.05) is 15.7 Å². The highest BCUT2D eigenvalue weighted by molar-refractivity contribution is 5.83. The largest absolute Gasteiger partial charge is 0.361 e. The molecule has 1 saturated heterocycles. The zero-order valence-corrected chi connectivity index (χ0v) is 14.2. The van der Waals surface area contributed by atoms with Crippen LogP contribution in [0.3, 0.4) is 0 Å². The Morgan fingerprint density at radius 2 is 2.12 bits per heavy atom. The average Bonchev–Trinajstić information content (AvgIpc) is 3.31. The second-order valence-corrected chi connectivity index (χ2v) is 6.58. The molecule has 1 aromatic carbocycles. The van der Waals surface area contributed by atoms with Gasteiger partial charge < -0.3 is 19.8 Å². The first kappa shape index (κ1) is 15.7. The topological polar surface area (TPSA) is 66.0 Å². The van der Waals surface area contributed by atoms with E-state index in [-0.39, 0.29) is 6.03 Å². The molecule has 25 heavy (non-hydrogen) atoms. The first-order valence-corrected chi connectivity index (χ1v) is 8.86. The average molecular weight is 337 g/mol. The number of amides is 2. The summed E-state index contributed by atoms with van der Waals surface area (Å²) in [7, 11) is 0. The van der Waals surface area contributed by atoms with Crippen LogP contribution in [0.2, 0.25) is 0 Å². The molecule has 0 unspecified atom stereocenters. The van der Waals surface area contributed by atoms with Gasteiger partial charge in [0.25, 0.3) is 0 Å². The Bertz CT molecular complexity index is 831. The van der Waals surface area contributed by atoms with Gasteiger partial charge >= 0.3 is 6.03 Å². The summed E-state index contributed by atoms with van der Waals surface area (Å²) in [5.74, 6) is 0.520. The summed E-state index contributed by atoms with van der Waals surface area (Å²) in [6.07, 6.45) is 9.57. The number of piperidine rings is 1. The summed E-state index contributed by atoms with van der Waals surface area (Å²) in [6.45, 7) is 2.98. The fourth-order valence-electron chi connectivity index (χ4n) is 3.65. The standard InChI is InChI=1S/C19H23N5O/c25-19(21-8-12-23-11-7-20-14-23)24-9-5-15(6-10-24)17-13-22-18-4-2-1-3-16(17)18/h1-4,7,11,13-15,22H,5-6,8-10,12H2,(H,21,25). The van der Waals surface area contributed by atoms with E-state index in [9.17, 15) is 4.79 Å². The van der Waals surface area contributed by atoms with Gasteiger partial charge in [0.05, 0.1) is 6.33 Å². The maximum Gasteiger partial charge on any atom is 0.317 e. The quantitative estimate of drug-likeness (QED) is 0.769. The molecule has 2 aromatic heterocycles. The zero-order valence-electron chi connectivity index (χ0n) is 14.2. The van der Waals surface area contributed by atoms with Crippen LogP contribution in [-0.2, 0) is 6.54 Å². The fraction of sp³-hybridized carbons (Fsp3) is 0.368. The Morgan fingerprint density at radius 3 is 2.92 bits per heavy atom. The number of aromatic amines is 1. The van der Waals surface area contributed by atoms with E-state index in [0.29, 0.717) is 12.5 Å². The van der Waals surface area contributed by atoms with Crippen LogP contribution in [0.25, 0.3) is 10.9 Å². The number of carbonyl (C=O) groups is 1. The molecule has 2 N–H and O–H groups in total. The number of aromatic nitrogens is 3. The van der Waals surface area contributed by atoms with Crippen molar-refractivity contribution in [3.63, 3.8) is 0 Å². The number of carbonyl (C=O) groups excluding carboxylic acids is 1. The number of rotatable bonds is 4. The molecule has 0 aliphatic carbocycles. The number of urea groups is 1. The molecule has 1 fully saturated rings. The molecule has 3 aromatic rings. The minimum Gasteiger partial charge on any atom is -0.361 e. The lowest BCUT2D eigenvalue weighted by Crippen LogP contribution is -2.44. The molecule has 2 amide bonds. The van der Waals surface area contributed by atoms with Crippen LogP contribution in [0, 0.1) is 0 Å². The molecule has 3 heterocycles. The third-order valence-electron chi connectivity index (χ3n) is 5.05. The first-order chi connectivity index (χ1) is 12.3. The van der Waals surface area contributed by atoms with Crippen LogP contribution in [0.15, 0.2) is 49.2 Å². The highest BCUT2D eigenvalue weighted by Crippen LogP contribution is 2.32. The van der Waals surface area contributed by atoms with E-state index in [4.69, 9.17) is 0 Å². The van der Waals surface area contributed by atoms with E-state index in [0.717, 1.165) is 32.5 Å². The molecule has 6 nitrogen and oxygen atoms in total. The van der Waals surface area contributed by atoms with Gasteiger partial charge in [0.2, 0.25) is 0 Å². The zero-order chi connectivity index (χ0) is 17.1. The molecule has 1 aliphatic rings. The molecule has 0 bridgehead atoms. The van der Waals surface area contributed by atoms with Gasteiger partial charge in [-0.1, -0.05) is 18.2 Å². The number of fused-ring (bicyclic) bond motifs is 1. The van der Waals surface area contributed by atoms with Crippen molar-refractivity contribution in [2.45, 2.75) is 25.3 Å². The minimum absolute atomic E-state index is 0.0393. The Morgan fingerprint density at radius 1 is 1.28 bits per heavy atom. The van der Waals surface area contributed by atoms with Crippen LogP contribution < -0.4 is 5.32 Å². The summed E-state index contributed by atoms with van der Waals surface area (Å²) >= 11 is 0. The lowest BCUT2D eigenvalue weighted by molar-refractivity contribution is 0.181. The number of hydrogen-bond acceptors (Lipinski definition) is 2. The highest BCUT2D eigenvalue weighted by atomic mass is 16.2. The second-order valence-electron chi connectivity index (χ2n) is 6.58. The van der Waals surface area contributed by atoms with Crippen LogP contribution >= 0.6 is 0 Å². The van der Waals surface area contributed by atoms with E-state index in [2.05, 4.69) is 45.7 Å². The van der Waals surface area contributed by atoms with Gasteiger partial charge in [-0.25, -0.2) is 9.78 Å². The van der Waals surface area contributed by atoms with Crippen LogP contribution in [0.4, 0.5) is 4.79 Å². The summed E-state index contributed by atoms with van der Waals surface area (Å²) < 4.78 is 1.96. The molecule has 4 rings (SSSR count). The third-order valence-corrected chi connectivity index (χ3v) is 5.05. The minimum atomic E-state index is 0.0393. The van der Waals surface area contributed by atoms with Crippen molar-refractivity contribution in [1.29, 1.82) is 0 Å². The molecule has 0 saturated carbocycles. The maximum atomic E-state index is 12.3. The number of para-hydroxylation sites is 1. The number of imidazole rings is 1. The number of nitrogens with zero attached hydrogens (tertiary/aromatic N) is 3.